The van der Waals surface area contributed by atoms with Gasteiger partial charge in [-0.05, 0) is 20.9 Å². The number of carbonyl (C=O) groups excluding carboxylic acids is 1. The van der Waals surface area contributed by atoms with Gasteiger partial charge in [-0.25, -0.2) is 4.79 Å². The summed E-state index contributed by atoms with van der Waals surface area (Å²) in [6, 6.07) is 0.380. The van der Waals surface area contributed by atoms with Crippen LogP contribution in [0.5, 0.6) is 0 Å². The molecule has 7 nitrogen and oxygen atoms in total. The second kappa shape index (κ2) is 5.65. The van der Waals surface area contributed by atoms with E-state index in [9.17, 15) is 4.79 Å². The number of aryl methyl sites for hydroxylation is 2. The molecule has 2 saturated heterocycles. The fourth-order valence-electron chi connectivity index (χ4n) is 3.14. The molecule has 1 aromatic rings. The number of carbonyl (C=O) groups is 1. The van der Waals surface area contributed by atoms with Crippen molar-refractivity contribution in [2.24, 2.45) is 0 Å². The first-order valence-electron chi connectivity index (χ1n) is 7.46. The van der Waals surface area contributed by atoms with E-state index in [1.54, 1.807) is 0 Å². The number of nitrogens with one attached hydrogen (secondary N) is 1. The summed E-state index contributed by atoms with van der Waals surface area (Å²) >= 11 is 0. The summed E-state index contributed by atoms with van der Waals surface area (Å²) in [5.74, 6) is 0.650. The summed E-state index contributed by atoms with van der Waals surface area (Å²) in [6.07, 6.45) is 0. The van der Waals surface area contributed by atoms with Gasteiger partial charge in [-0.15, -0.1) is 0 Å². The Morgan fingerprint density at radius 3 is 2.71 bits per heavy atom. The van der Waals surface area contributed by atoms with Crippen LogP contribution in [-0.4, -0.2) is 78.2 Å². The topological polar surface area (TPSA) is 64.9 Å². The van der Waals surface area contributed by atoms with Gasteiger partial charge in [0.15, 0.2) is 5.76 Å². The molecule has 21 heavy (non-hydrogen) atoms. The van der Waals surface area contributed by atoms with Crippen LogP contribution in [0.15, 0.2) is 4.52 Å². The standard InChI is InChI=1S/C14H23N5O2/c1-10-13(11(2)21-16-10)15-14(20)19-7-6-18-5-4-17(3)8-12(18)9-19/h12H,4-9H2,1-3H3,(H,15,20)/t12-/m0/s1. The van der Waals surface area contributed by atoms with Crippen LogP contribution in [-0.2, 0) is 0 Å². The highest BCUT2D eigenvalue weighted by Gasteiger charge is 2.33. The zero-order valence-corrected chi connectivity index (χ0v) is 12.9. The summed E-state index contributed by atoms with van der Waals surface area (Å²) in [6.45, 7) is 9.38. The molecule has 1 atom stereocenters. The molecular weight excluding hydrogens is 270 g/mol. The van der Waals surface area contributed by atoms with Gasteiger partial charge < -0.3 is 19.6 Å². The van der Waals surface area contributed by atoms with Crippen LogP contribution in [0, 0.1) is 13.8 Å². The second-order valence-electron chi connectivity index (χ2n) is 6.03. The van der Waals surface area contributed by atoms with Crippen molar-refractivity contribution in [3.05, 3.63) is 11.5 Å². The Morgan fingerprint density at radius 1 is 1.24 bits per heavy atom. The maximum absolute atomic E-state index is 12.4. The third-order valence-electron chi connectivity index (χ3n) is 4.45. The zero-order chi connectivity index (χ0) is 15.0. The van der Waals surface area contributed by atoms with Crippen LogP contribution in [0.4, 0.5) is 10.5 Å². The molecule has 116 valence electrons. The molecule has 2 amide bonds. The molecule has 0 spiro atoms. The van der Waals surface area contributed by atoms with E-state index in [1.165, 1.54) is 0 Å². The number of nitrogens with zero attached hydrogens (tertiary/aromatic N) is 4. The van der Waals surface area contributed by atoms with E-state index >= 15 is 0 Å². The monoisotopic (exact) mass is 293 g/mol. The van der Waals surface area contributed by atoms with Crippen molar-refractivity contribution in [1.29, 1.82) is 0 Å². The van der Waals surface area contributed by atoms with Crippen molar-refractivity contribution in [2.75, 3.05) is 51.6 Å². The molecule has 2 fully saturated rings. The van der Waals surface area contributed by atoms with Crippen molar-refractivity contribution in [3.8, 4) is 0 Å². The van der Waals surface area contributed by atoms with Crippen LogP contribution in [0.3, 0.4) is 0 Å². The summed E-state index contributed by atoms with van der Waals surface area (Å²) in [7, 11) is 2.14. The molecule has 2 aliphatic heterocycles. The number of hydrogen-bond donors (Lipinski definition) is 1. The Morgan fingerprint density at radius 2 is 2.00 bits per heavy atom. The van der Waals surface area contributed by atoms with Gasteiger partial charge in [0.2, 0.25) is 0 Å². The van der Waals surface area contributed by atoms with E-state index in [1.807, 2.05) is 18.7 Å². The highest BCUT2D eigenvalue weighted by molar-refractivity contribution is 5.90. The summed E-state index contributed by atoms with van der Waals surface area (Å²) in [4.78, 5) is 19.2. The van der Waals surface area contributed by atoms with Crippen LogP contribution < -0.4 is 5.32 Å². The molecule has 3 rings (SSSR count). The van der Waals surface area contributed by atoms with Crippen molar-refractivity contribution in [1.82, 2.24) is 19.9 Å². The van der Waals surface area contributed by atoms with Crippen LogP contribution in [0.25, 0.3) is 0 Å². The molecular formula is C14H23N5O2. The quantitative estimate of drug-likeness (QED) is 0.828. The fraction of sp³-hybridized carbons (Fsp3) is 0.714. The maximum atomic E-state index is 12.4. The molecule has 2 aliphatic rings. The molecule has 7 heteroatoms. The lowest BCUT2D eigenvalue weighted by molar-refractivity contribution is 0.0353. The van der Waals surface area contributed by atoms with Crippen LogP contribution in [0.1, 0.15) is 11.5 Å². The summed E-state index contributed by atoms with van der Waals surface area (Å²) < 4.78 is 5.09. The number of aromatic nitrogens is 1. The van der Waals surface area contributed by atoms with Gasteiger partial charge >= 0.3 is 6.03 Å². The summed E-state index contributed by atoms with van der Waals surface area (Å²) in [5, 5.41) is 6.80. The van der Waals surface area contributed by atoms with Gasteiger partial charge in [0, 0.05) is 45.3 Å². The lowest BCUT2D eigenvalue weighted by Gasteiger charge is -2.46. The zero-order valence-electron chi connectivity index (χ0n) is 12.9. The molecule has 0 radical (unpaired) electrons. The van der Waals surface area contributed by atoms with Crippen molar-refractivity contribution >= 4 is 11.7 Å². The highest BCUT2D eigenvalue weighted by Crippen LogP contribution is 2.20. The van der Waals surface area contributed by atoms with Gasteiger partial charge in [0.1, 0.15) is 11.4 Å². The molecule has 3 heterocycles. The number of urea groups is 1. The van der Waals surface area contributed by atoms with Crippen molar-refractivity contribution in [3.63, 3.8) is 0 Å². The minimum absolute atomic E-state index is 0.0581. The van der Waals surface area contributed by atoms with Gasteiger partial charge in [0.05, 0.1) is 0 Å². The van der Waals surface area contributed by atoms with Gasteiger partial charge in [-0.1, -0.05) is 5.16 Å². The normalized spacial score (nSPS) is 24.0. The highest BCUT2D eigenvalue weighted by atomic mass is 16.5. The predicted molar refractivity (Wildman–Crippen MR) is 79.4 cm³/mol. The Balaban J connectivity index is 1.63. The van der Waals surface area contributed by atoms with Gasteiger partial charge in [-0.2, -0.15) is 0 Å². The minimum atomic E-state index is -0.0581. The average molecular weight is 293 g/mol. The van der Waals surface area contributed by atoms with E-state index in [4.69, 9.17) is 4.52 Å². The maximum Gasteiger partial charge on any atom is 0.322 e. The van der Waals surface area contributed by atoms with E-state index in [2.05, 4.69) is 27.3 Å². The first-order chi connectivity index (χ1) is 10.0. The molecule has 0 aliphatic carbocycles. The smallest absolute Gasteiger partial charge is 0.322 e. The number of fused-ring (bicyclic) bond motifs is 1. The number of piperazine rings is 2. The Bertz CT molecular complexity index is 510. The fourth-order valence-corrected chi connectivity index (χ4v) is 3.14. The summed E-state index contributed by atoms with van der Waals surface area (Å²) in [5.41, 5.74) is 1.42. The Hall–Kier alpha value is -1.60. The predicted octanol–water partition coefficient (Wildman–Crippen LogP) is 0.755. The average Bonchev–Trinajstić information content (AvgIpc) is 2.78. The molecule has 0 unspecified atom stereocenters. The lowest BCUT2D eigenvalue weighted by atomic mass is 10.1. The van der Waals surface area contributed by atoms with Crippen molar-refractivity contribution in [2.45, 2.75) is 19.9 Å². The SMILES string of the molecule is Cc1noc(C)c1NC(=O)N1CCN2CCN(C)C[C@H]2C1. The second-order valence-corrected chi connectivity index (χ2v) is 6.03. The van der Waals surface area contributed by atoms with Crippen molar-refractivity contribution < 1.29 is 9.32 Å². The molecule has 0 saturated carbocycles. The van der Waals surface area contributed by atoms with Crippen LogP contribution in [0.2, 0.25) is 0 Å². The van der Waals surface area contributed by atoms with Gasteiger partial charge in [0.25, 0.3) is 0 Å². The Kier molecular flexibility index (Phi) is 3.86. The molecule has 0 aromatic carbocycles. The van der Waals surface area contributed by atoms with E-state index in [-0.39, 0.29) is 6.03 Å². The third-order valence-corrected chi connectivity index (χ3v) is 4.45. The first-order valence-corrected chi connectivity index (χ1v) is 7.46. The number of hydrogen-bond acceptors (Lipinski definition) is 5. The van der Waals surface area contributed by atoms with E-state index < -0.39 is 0 Å². The minimum Gasteiger partial charge on any atom is -0.359 e. The number of anilines is 1. The first kappa shape index (κ1) is 14.3. The molecule has 0 bridgehead atoms. The number of likely N-dealkylation sites (N-methyl/N-ethyl adjacent to an activating group) is 1. The molecule has 1 aromatic heterocycles. The lowest BCUT2D eigenvalue weighted by Crippen LogP contribution is -2.62. The number of amides is 2. The Labute approximate surface area is 124 Å². The van der Waals surface area contributed by atoms with Gasteiger partial charge in [-0.3, -0.25) is 4.90 Å². The van der Waals surface area contributed by atoms with Crippen LogP contribution >= 0.6 is 0 Å². The molecule has 1 N–H and O–H groups in total. The van der Waals surface area contributed by atoms with E-state index in [0.29, 0.717) is 17.5 Å². The van der Waals surface area contributed by atoms with E-state index in [0.717, 1.165) is 45.0 Å². The third kappa shape index (κ3) is 2.89. The number of rotatable bonds is 1. The largest absolute Gasteiger partial charge is 0.359 e.